The van der Waals surface area contributed by atoms with Crippen molar-refractivity contribution in [3.63, 3.8) is 0 Å². The number of carbonyl (C=O) groups is 2. The fourth-order valence-electron chi connectivity index (χ4n) is 4.03. The van der Waals surface area contributed by atoms with E-state index in [-0.39, 0.29) is 31.2 Å². The summed E-state index contributed by atoms with van der Waals surface area (Å²) >= 11 is 6.20. The van der Waals surface area contributed by atoms with Crippen molar-refractivity contribution >= 4 is 29.4 Å². The second-order valence-electron chi connectivity index (χ2n) is 8.60. The molecule has 0 aliphatic carbocycles. The lowest BCUT2D eigenvalue weighted by Gasteiger charge is -2.24. The van der Waals surface area contributed by atoms with Crippen LogP contribution in [-0.2, 0) is 11.2 Å². The van der Waals surface area contributed by atoms with Crippen LogP contribution in [0.5, 0.6) is 17.4 Å². The van der Waals surface area contributed by atoms with Gasteiger partial charge in [-0.25, -0.2) is 4.79 Å². The number of amides is 3. The number of methoxy groups -OCH3 is 1. The maximum Gasteiger partial charge on any atom is 0.325 e. The molecule has 2 atom stereocenters. The topological polar surface area (TPSA) is 139 Å². The Bertz CT molecular complexity index is 1300. The van der Waals surface area contributed by atoms with Crippen LogP contribution in [0.25, 0.3) is 0 Å². The predicted octanol–water partition coefficient (Wildman–Crippen LogP) is 3.89. The van der Waals surface area contributed by atoms with Gasteiger partial charge in [0.1, 0.15) is 5.75 Å². The van der Waals surface area contributed by atoms with Gasteiger partial charge in [0.25, 0.3) is 5.88 Å². The highest BCUT2D eigenvalue weighted by molar-refractivity contribution is 6.30. The number of hydrogen-bond donors (Lipinski definition) is 3. The van der Waals surface area contributed by atoms with Crippen LogP contribution >= 0.6 is 11.6 Å². The van der Waals surface area contributed by atoms with Gasteiger partial charge >= 0.3 is 6.03 Å². The molecule has 200 valence electrons. The average Bonchev–Trinajstić information content (AvgIpc) is 3.29. The number of halogens is 1. The van der Waals surface area contributed by atoms with E-state index < -0.39 is 23.9 Å². The first-order chi connectivity index (χ1) is 18.4. The minimum Gasteiger partial charge on any atom is -0.496 e. The third-order valence-corrected chi connectivity index (χ3v) is 6.23. The van der Waals surface area contributed by atoms with Crippen LogP contribution < -0.4 is 20.2 Å². The van der Waals surface area contributed by atoms with Gasteiger partial charge in [-0.1, -0.05) is 41.9 Å². The summed E-state index contributed by atoms with van der Waals surface area (Å²) in [6.45, 7) is 1.87. The van der Waals surface area contributed by atoms with Gasteiger partial charge in [0.15, 0.2) is 17.3 Å². The number of carbonyl (C=O) groups excluding carboxylic acids is 2. The molecule has 2 aromatic carbocycles. The number of imide groups is 1. The van der Waals surface area contributed by atoms with Crippen LogP contribution in [0.3, 0.4) is 0 Å². The zero-order valence-corrected chi connectivity index (χ0v) is 21.6. The Morgan fingerprint density at radius 2 is 2.11 bits per heavy atom. The standard InChI is InChI=1S/C26H28ClN5O6/c1-3-20(22-13-24(33)31-38-22)29-26(35)32-15-23(30-37-19-7-5-4-6-8-19)28-14-17(25(32)34)11-16-12-18(27)9-10-21(16)36-2/h4-10,12-13,17,20H,3,11,14-15H2,1-2H3,(H,28,30)(H,29,35)(H,31,33)/t17-,20?/m1/s1. The van der Waals surface area contributed by atoms with E-state index in [9.17, 15) is 14.7 Å². The van der Waals surface area contributed by atoms with E-state index in [0.29, 0.717) is 28.8 Å². The normalized spacial score (nSPS) is 17.4. The molecular formula is C26H28ClN5O6. The molecule has 1 aliphatic heterocycles. The number of urea groups is 1. The molecule has 0 radical (unpaired) electrons. The summed E-state index contributed by atoms with van der Waals surface area (Å²) in [6, 6.07) is 14.2. The zero-order chi connectivity index (χ0) is 27.1. The van der Waals surface area contributed by atoms with Crippen molar-refractivity contribution < 1.29 is 28.8 Å². The number of oxime groups is 1. The lowest BCUT2D eigenvalue weighted by molar-refractivity contribution is -0.131. The van der Waals surface area contributed by atoms with Gasteiger partial charge in [0.05, 0.1) is 25.6 Å². The first-order valence-corrected chi connectivity index (χ1v) is 12.4. The zero-order valence-electron chi connectivity index (χ0n) is 20.9. The van der Waals surface area contributed by atoms with Crippen molar-refractivity contribution in [3.8, 4) is 17.4 Å². The molecule has 0 saturated carbocycles. The Kier molecular flexibility index (Phi) is 8.70. The molecule has 3 N–H and O–H groups in total. The van der Waals surface area contributed by atoms with E-state index in [1.54, 1.807) is 42.5 Å². The lowest BCUT2D eigenvalue weighted by atomic mass is 9.97. The molecule has 2 heterocycles. The van der Waals surface area contributed by atoms with Crippen molar-refractivity contribution in [3.05, 3.63) is 70.9 Å². The average molecular weight is 542 g/mol. The van der Waals surface area contributed by atoms with Crippen LogP contribution in [0.4, 0.5) is 4.79 Å². The highest BCUT2D eigenvalue weighted by Gasteiger charge is 2.35. The first-order valence-electron chi connectivity index (χ1n) is 12.0. The van der Waals surface area contributed by atoms with Gasteiger partial charge in [0.2, 0.25) is 5.91 Å². The van der Waals surface area contributed by atoms with E-state index in [1.807, 2.05) is 13.0 Å². The second kappa shape index (κ2) is 12.3. The minimum atomic E-state index is -0.656. The monoisotopic (exact) mass is 541 g/mol. The van der Waals surface area contributed by atoms with Gasteiger partial charge in [-0.3, -0.25) is 9.69 Å². The summed E-state index contributed by atoms with van der Waals surface area (Å²) in [5.41, 5.74) is 0.727. The van der Waals surface area contributed by atoms with Crippen LogP contribution in [0.1, 0.15) is 30.7 Å². The SMILES string of the molecule is CCC(NC(=O)N1C/C(=N/Oc2ccccc2)NC[C@@H](Cc2cc(Cl)ccc2OC)C1=O)c1cc(O)no1. The summed E-state index contributed by atoms with van der Waals surface area (Å²) in [5.74, 6) is 0.281. The molecule has 1 unspecified atom stereocenters. The molecule has 1 aliphatic rings. The number of hydrogen-bond acceptors (Lipinski definition) is 8. The first kappa shape index (κ1) is 26.8. The van der Waals surface area contributed by atoms with Gasteiger partial charge < -0.3 is 29.8 Å². The highest BCUT2D eigenvalue weighted by atomic mass is 35.5. The third-order valence-electron chi connectivity index (χ3n) is 6.00. The summed E-state index contributed by atoms with van der Waals surface area (Å²) in [5, 5.41) is 23.6. The van der Waals surface area contributed by atoms with Crippen LogP contribution in [0.2, 0.25) is 5.02 Å². The number of rotatable bonds is 8. The van der Waals surface area contributed by atoms with Crippen molar-refractivity contribution in [2.75, 3.05) is 20.2 Å². The molecule has 3 aromatic rings. The Hall–Kier alpha value is -4.25. The smallest absolute Gasteiger partial charge is 0.325 e. The maximum atomic E-state index is 13.7. The van der Waals surface area contributed by atoms with Gasteiger partial charge in [0, 0.05) is 17.6 Å². The van der Waals surface area contributed by atoms with Gasteiger partial charge in [-0.05, 0) is 53.9 Å². The number of amidine groups is 1. The van der Waals surface area contributed by atoms with Crippen molar-refractivity contribution in [1.82, 2.24) is 20.7 Å². The number of para-hydroxylation sites is 1. The number of aromatic nitrogens is 1. The number of benzene rings is 2. The lowest BCUT2D eigenvalue weighted by Crippen LogP contribution is -2.48. The maximum absolute atomic E-state index is 13.7. The molecular weight excluding hydrogens is 514 g/mol. The minimum absolute atomic E-state index is 0.154. The molecule has 1 aromatic heterocycles. The second-order valence-corrected chi connectivity index (χ2v) is 9.04. The molecule has 38 heavy (non-hydrogen) atoms. The van der Waals surface area contributed by atoms with Gasteiger partial charge in [-0.15, -0.1) is 0 Å². The van der Waals surface area contributed by atoms with Crippen molar-refractivity contribution in [2.45, 2.75) is 25.8 Å². The Morgan fingerprint density at radius 3 is 2.79 bits per heavy atom. The number of ether oxygens (including phenoxy) is 1. The van der Waals surface area contributed by atoms with Crippen molar-refractivity contribution in [2.24, 2.45) is 11.1 Å². The van der Waals surface area contributed by atoms with Crippen LogP contribution in [-0.4, -0.2) is 53.1 Å². The van der Waals surface area contributed by atoms with E-state index in [2.05, 4.69) is 20.9 Å². The van der Waals surface area contributed by atoms with E-state index in [4.69, 9.17) is 25.7 Å². The molecule has 1 fully saturated rings. The van der Waals surface area contributed by atoms with Crippen LogP contribution in [0, 0.1) is 5.92 Å². The molecule has 4 rings (SSSR count). The van der Waals surface area contributed by atoms with Crippen LogP contribution in [0.15, 0.2) is 64.3 Å². The molecule has 11 nitrogen and oxygen atoms in total. The number of nitrogens with one attached hydrogen (secondary N) is 2. The third kappa shape index (κ3) is 6.54. The van der Waals surface area contributed by atoms with Gasteiger partial charge in [-0.2, -0.15) is 0 Å². The fourth-order valence-corrected chi connectivity index (χ4v) is 4.23. The summed E-state index contributed by atoms with van der Waals surface area (Å²) in [6.07, 6.45) is 0.696. The quantitative estimate of drug-likeness (QED) is 0.365. The molecule has 12 heteroatoms. The number of nitrogens with zero attached hydrogens (tertiary/aromatic N) is 3. The summed E-state index contributed by atoms with van der Waals surface area (Å²) in [4.78, 5) is 33.7. The van der Waals surface area contributed by atoms with Crippen molar-refractivity contribution in [1.29, 1.82) is 0 Å². The molecule has 0 bridgehead atoms. The van der Waals surface area contributed by atoms with E-state index in [0.717, 1.165) is 10.5 Å². The molecule has 3 amide bonds. The Morgan fingerprint density at radius 1 is 1.32 bits per heavy atom. The summed E-state index contributed by atoms with van der Waals surface area (Å²) in [7, 11) is 1.54. The predicted molar refractivity (Wildman–Crippen MR) is 139 cm³/mol. The molecule has 0 spiro atoms. The number of aromatic hydroxyl groups is 1. The fraction of sp³-hybridized carbons (Fsp3) is 0.308. The van der Waals surface area contributed by atoms with E-state index in [1.165, 1.54) is 13.2 Å². The van der Waals surface area contributed by atoms with E-state index >= 15 is 0 Å². The Balaban J connectivity index is 1.60. The largest absolute Gasteiger partial charge is 0.496 e. The highest BCUT2D eigenvalue weighted by Crippen LogP contribution is 2.27. The Labute approximate surface area is 224 Å². The molecule has 1 saturated heterocycles. The summed E-state index contributed by atoms with van der Waals surface area (Å²) < 4.78 is 10.5.